The van der Waals surface area contributed by atoms with Crippen LogP contribution in [-0.2, 0) is 4.79 Å². The van der Waals surface area contributed by atoms with Crippen LogP contribution in [0, 0.1) is 0 Å². The van der Waals surface area contributed by atoms with Gasteiger partial charge in [0.2, 0.25) is 5.91 Å². The fourth-order valence-electron chi connectivity index (χ4n) is 2.65. The van der Waals surface area contributed by atoms with Crippen LogP contribution >= 0.6 is 23.8 Å². The first-order valence-corrected chi connectivity index (χ1v) is 8.37. The lowest BCUT2D eigenvalue weighted by Gasteiger charge is -2.32. The average molecular weight is 337 g/mol. The monoisotopic (exact) mass is 336 g/mol. The quantitative estimate of drug-likeness (QED) is 0.668. The molecule has 1 aromatic carbocycles. The van der Waals surface area contributed by atoms with Crippen molar-refractivity contribution in [1.82, 2.24) is 10.2 Å². The molecule has 1 aliphatic rings. The van der Waals surface area contributed by atoms with E-state index in [2.05, 4.69) is 5.32 Å². The SMILES string of the molecule is CN(C(=S)NC(=O)/C=C/c1ccccc1Cl)C1CCCCC1. The molecule has 0 aromatic heterocycles. The zero-order valence-corrected chi connectivity index (χ0v) is 14.3. The summed E-state index contributed by atoms with van der Waals surface area (Å²) in [5.41, 5.74) is 0.811. The van der Waals surface area contributed by atoms with Crippen molar-refractivity contribution in [1.29, 1.82) is 0 Å². The van der Waals surface area contributed by atoms with Crippen LogP contribution in [0.3, 0.4) is 0 Å². The van der Waals surface area contributed by atoms with E-state index < -0.39 is 0 Å². The van der Waals surface area contributed by atoms with E-state index >= 15 is 0 Å². The van der Waals surface area contributed by atoms with Crippen LogP contribution in [0.1, 0.15) is 37.7 Å². The first kappa shape index (κ1) is 17.0. The lowest BCUT2D eigenvalue weighted by atomic mass is 9.95. The number of carbonyl (C=O) groups excluding carboxylic acids is 1. The van der Waals surface area contributed by atoms with Crippen molar-refractivity contribution in [2.75, 3.05) is 7.05 Å². The molecule has 22 heavy (non-hydrogen) atoms. The molecule has 1 aliphatic carbocycles. The molecule has 0 atom stereocenters. The first-order chi connectivity index (χ1) is 10.6. The summed E-state index contributed by atoms with van der Waals surface area (Å²) in [5.74, 6) is -0.229. The molecule has 3 nitrogen and oxygen atoms in total. The van der Waals surface area contributed by atoms with Crippen molar-refractivity contribution < 1.29 is 4.79 Å². The Labute approximate surface area is 142 Å². The van der Waals surface area contributed by atoms with E-state index in [4.69, 9.17) is 23.8 Å². The molecule has 0 aliphatic heterocycles. The highest BCUT2D eigenvalue weighted by Crippen LogP contribution is 2.21. The van der Waals surface area contributed by atoms with Crippen LogP contribution in [-0.4, -0.2) is 29.0 Å². The highest BCUT2D eigenvalue weighted by molar-refractivity contribution is 7.80. The molecule has 1 amide bonds. The second kappa shape index (κ2) is 8.30. The number of hydrogen-bond acceptors (Lipinski definition) is 2. The molecule has 0 heterocycles. The minimum Gasteiger partial charge on any atom is -0.349 e. The third kappa shape index (κ3) is 4.82. The summed E-state index contributed by atoms with van der Waals surface area (Å²) in [7, 11) is 1.95. The fraction of sp³-hybridized carbons (Fsp3) is 0.412. The molecule has 1 aromatic rings. The van der Waals surface area contributed by atoms with E-state index in [9.17, 15) is 4.79 Å². The van der Waals surface area contributed by atoms with Gasteiger partial charge in [0.15, 0.2) is 5.11 Å². The van der Waals surface area contributed by atoms with Crippen LogP contribution in [0.5, 0.6) is 0 Å². The van der Waals surface area contributed by atoms with E-state index in [1.807, 2.05) is 30.1 Å². The molecule has 2 rings (SSSR count). The number of nitrogens with zero attached hydrogens (tertiary/aromatic N) is 1. The number of benzene rings is 1. The number of hydrogen-bond donors (Lipinski definition) is 1. The van der Waals surface area contributed by atoms with E-state index in [1.54, 1.807) is 12.1 Å². The van der Waals surface area contributed by atoms with Gasteiger partial charge in [-0.15, -0.1) is 0 Å². The lowest BCUT2D eigenvalue weighted by Crippen LogP contribution is -2.45. The zero-order chi connectivity index (χ0) is 15.9. The maximum absolute atomic E-state index is 12.0. The molecule has 0 bridgehead atoms. The van der Waals surface area contributed by atoms with E-state index in [1.165, 1.54) is 25.3 Å². The summed E-state index contributed by atoms with van der Waals surface area (Å²) in [5, 5.41) is 3.86. The van der Waals surface area contributed by atoms with Crippen LogP contribution in [0.15, 0.2) is 30.3 Å². The standard InChI is InChI=1S/C17H21ClN2OS/c1-20(14-8-3-2-4-9-14)17(22)19-16(21)12-11-13-7-5-6-10-15(13)18/h5-7,10-12,14H,2-4,8-9H2,1H3,(H,19,21,22)/b12-11+. The Morgan fingerprint density at radius 2 is 2.00 bits per heavy atom. The van der Waals surface area contributed by atoms with Crippen molar-refractivity contribution >= 4 is 40.9 Å². The van der Waals surface area contributed by atoms with Crippen LogP contribution in [0.2, 0.25) is 5.02 Å². The molecular formula is C17H21ClN2OS. The van der Waals surface area contributed by atoms with Crippen LogP contribution in [0.4, 0.5) is 0 Å². The molecule has 5 heteroatoms. The van der Waals surface area contributed by atoms with Crippen molar-refractivity contribution in [3.8, 4) is 0 Å². The van der Waals surface area contributed by atoms with Crippen molar-refractivity contribution in [3.63, 3.8) is 0 Å². The number of carbonyl (C=O) groups is 1. The van der Waals surface area contributed by atoms with Gasteiger partial charge in [-0.3, -0.25) is 10.1 Å². The molecule has 118 valence electrons. The van der Waals surface area contributed by atoms with Gasteiger partial charge in [-0.05, 0) is 42.8 Å². The normalized spacial score (nSPS) is 15.7. The first-order valence-electron chi connectivity index (χ1n) is 7.58. The van der Waals surface area contributed by atoms with Gasteiger partial charge >= 0.3 is 0 Å². The van der Waals surface area contributed by atoms with Gasteiger partial charge in [-0.25, -0.2) is 0 Å². The number of halogens is 1. The summed E-state index contributed by atoms with van der Waals surface area (Å²) in [6, 6.07) is 7.83. The summed E-state index contributed by atoms with van der Waals surface area (Å²) >= 11 is 11.4. The molecule has 1 fully saturated rings. The summed E-state index contributed by atoms with van der Waals surface area (Å²) in [4.78, 5) is 14.0. The van der Waals surface area contributed by atoms with Crippen molar-refractivity contribution in [2.24, 2.45) is 0 Å². The molecule has 0 spiro atoms. The smallest absolute Gasteiger partial charge is 0.250 e. The van der Waals surface area contributed by atoms with Gasteiger partial charge in [0, 0.05) is 24.2 Å². The summed E-state index contributed by atoms with van der Waals surface area (Å²) < 4.78 is 0. The Morgan fingerprint density at radius 3 is 2.68 bits per heavy atom. The van der Waals surface area contributed by atoms with E-state index in [0.29, 0.717) is 16.2 Å². The second-order valence-electron chi connectivity index (χ2n) is 5.55. The molecular weight excluding hydrogens is 316 g/mol. The number of rotatable bonds is 3. The molecule has 0 saturated heterocycles. The largest absolute Gasteiger partial charge is 0.349 e. The van der Waals surface area contributed by atoms with Gasteiger partial charge < -0.3 is 4.90 Å². The van der Waals surface area contributed by atoms with Gasteiger partial charge in [-0.2, -0.15) is 0 Å². The third-order valence-electron chi connectivity index (χ3n) is 3.99. The van der Waals surface area contributed by atoms with E-state index in [-0.39, 0.29) is 5.91 Å². The van der Waals surface area contributed by atoms with Gasteiger partial charge in [0.1, 0.15) is 0 Å². The predicted molar refractivity (Wildman–Crippen MR) is 95.9 cm³/mol. The Bertz CT molecular complexity index is 568. The summed E-state index contributed by atoms with van der Waals surface area (Å²) in [6.07, 6.45) is 9.20. The second-order valence-corrected chi connectivity index (χ2v) is 6.35. The third-order valence-corrected chi connectivity index (χ3v) is 4.73. The summed E-state index contributed by atoms with van der Waals surface area (Å²) in [6.45, 7) is 0. The molecule has 0 radical (unpaired) electrons. The molecule has 0 unspecified atom stereocenters. The van der Waals surface area contributed by atoms with Gasteiger partial charge in [0.05, 0.1) is 0 Å². The number of thiocarbonyl (C=S) groups is 1. The minimum atomic E-state index is -0.229. The average Bonchev–Trinajstić information content (AvgIpc) is 2.54. The number of amides is 1. The Balaban J connectivity index is 1.88. The van der Waals surface area contributed by atoms with Gasteiger partial charge in [-0.1, -0.05) is 49.1 Å². The van der Waals surface area contributed by atoms with Crippen LogP contribution in [0.25, 0.3) is 6.08 Å². The Morgan fingerprint density at radius 1 is 1.32 bits per heavy atom. The molecule has 1 saturated carbocycles. The Kier molecular flexibility index (Phi) is 6.40. The zero-order valence-electron chi connectivity index (χ0n) is 12.7. The Hall–Kier alpha value is -1.39. The maximum atomic E-state index is 12.0. The van der Waals surface area contributed by atoms with Crippen LogP contribution < -0.4 is 5.32 Å². The van der Waals surface area contributed by atoms with Crippen molar-refractivity contribution in [3.05, 3.63) is 40.9 Å². The lowest BCUT2D eigenvalue weighted by molar-refractivity contribution is -0.115. The minimum absolute atomic E-state index is 0.229. The molecule has 1 N–H and O–H groups in total. The highest BCUT2D eigenvalue weighted by atomic mass is 35.5. The topological polar surface area (TPSA) is 32.3 Å². The highest BCUT2D eigenvalue weighted by Gasteiger charge is 2.20. The predicted octanol–water partition coefficient (Wildman–Crippen LogP) is 4.02. The van der Waals surface area contributed by atoms with Crippen molar-refractivity contribution in [2.45, 2.75) is 38.1 Å². The van der Waals surface area contributed by atoms with E-state index in [0.717, 1.165) is 18.4 Å². The maximum Gasteiger partial charge on any atom is 0.250 e. The van der Waals surface area contributed by atoms with Gasteiger partial charge in [0.25, 0.3) is 0 Å². The number of nitrogens with one attached hydrogen (secondary N) is 1. The fourth-order valence-corrected chi connectivity index (χ4v) is 3.09.